The van der Waals surface area contributed by atoms with Gasteiger partial charge in [0.05, 0.1) is 0 Å². The highest BCUT2D eigenvalue weighted by Crippen LogP contribution is 2.06. The Labute approximate surface area is 91.6 Å². The van der Waals surface area contributed by atoms with Crippen molar-refractivity contribution in [1.29, 1.82) is 0 Å². The number of guanidine groups is 1. The molecule has 0 aliphatic rings. The highest BCUT2D eigenvalue weighted by atomic mass is 15.2. The summed E-state index contributed by atoms with van der Waals surface area (Å²) in [7, 11) is 1.96. The van der Waals surface area contributed by atoms with Crippen molar-refractivity contribution in [2.45, 2.75) is 20.4 Å². The van der Waals surface area contributed by atoms with Gasteiger partial charge in [0.25, 0.3) is 0 Å². The van der Waals surface area contributed by atoms with E-state index in [0.29, 0.717) is 5.96 Å². The average molecular weight is 205 g/mol. The third kappa shape index (κ3) is 3.62. The molecule has 1 aromatic rings. The summed E-state index contributed by atoms with van der Waals surface area (Å²) in [5.41, 5.74) is 8.32. The Morgan fingerprint density at radius 2 is 2.20 bits per heavy atom. The molecule has 1 rings (SSSR count). The zero-order valence-corrected chi connectivity index (χ0v) is 9.70. The fourth-order valence-corrected chi connectivity index (χ4v) is 1.45. The first-order valence-electron chi connectivity index (χ1n) is 5.20. The third-order valence-electron chi connectivity index (χ3n) is 2.21. The van der Waals surface area contributed by atoms with Crippen molar-refractivity contribution in [3.63, 3.8) is 0 Å². The fraction of sp³-hybridized carbons (Fsp3) is 0.417. The van der Waals surface area contributed by atoms with Gasteiger partial charge >= 0.3 is 0 Å². The Morgan fingerprint density at radius 3 is 2.80 bits per heavy atom. The first kappa shape index (κ1) is 11.6. The van der Waals surface area contributed by atoms with Crippen LogP contribution in [0.5, 0.6) is 0 Å². The molecule has 0 spiro atoms. The number of hydrogen-bond acceptors (Lipinski definition) is 1. The number of rotatable bonds is 3. The monoisotopic (exact) mass is 205 g/mol. The minimum atomic E-state index is 0.596. The van der Waals surface area contributed by atoms with Crippen molar-refractivity contribution in [1.82, 2.24) is 4.90 Å². The van der Waals surface area contributed by atoms with Crippen LogP contribution >= 0.6 is 0 Å². The number of nitrogens with zero attached hydrogens (tertiary/aromatic N) is 2. The van der Waals surface area contributed by atoms with Gasteiger partial charge in [0, 0.05) is 20.1 Å². The van der Waals surface area contributed by atoms with Crippen LogP contribution in [0, 0.1) is 6.92 Å². The lowest BCUT2D eigenvalue weighted by Crippen LogP contribution is -2.33. The largest absolute Gasteiger partial charge is 0.370 e. The molecule has 0 amide bonds. The maximum Gasteiger partial charge on any atom is 0.191 e. The molecule has 0 aliphatic carbocycles. The van der Waals surface area contributed by atoms with Crippen molar-refractivity contribution >= 4 is 5.96 Å². The lowest BCUT2D eigenvalue weighted by molar-refractivity contribution is 0.492. The Balaban J connectivity index is 2.66. The van der Waals surface area contributed by atoms with Crippen molar-refractivity contribution in [2.24, 2.45) is 10.7 Å². The predicted molar refractivity (Wildman–Crippen MR) is 64.8 cm³/mol. The van der Waals surface area contributed by atoms with E-state index >= 15 is 0 Å². The van der Waals surface area contributed by atoms with Gasteiger partial charge in [-0.2, -0.15) is 0 Å². The van der Waals surface area contributed by atoms with E-state index in [9.17, 15) is 0 Å². The van der Waals surface area contributed by atoms with Gasteiger partial charge in [0.1, 0.15) is 0 Å². The number of aliphatic imine (C=N–C) groups is 1. The van der Waals surface area contributed by atoms with E-state index in [1.165, 1.54) is 11.1 Å². The summed E-state index contributed by atoms with van der Waals surface area (Å²) in [4.78, 5) is 6.12. The molecule has 0 unspecified atom stereocenters. The van der Waals surface area contributed by atoms with Gasteiger partial charge < -0.3 is 10.6 Å². The summed E-state index contributed by atoms with van der Waals surface area (Å²) in [6.45, 7) is 5.60. The van der Waals surface area contributed by atoms with Crippen LogP contribution < -0.4 is 5.73 Å². The highest BCUT2D eigenvalue weighted by molar-refractivity contribution is 5.77. The van der Waals surface area contributed by atoms with E-state index in [4.69, 9.17) is 5.73 Å². The summed E-state index contributed by atoms with van der Waals surface area (Å²) in [5.74, 6) is 0.596. The van der Waals surface area contributed by atoms with E-state index in [2.05, 4.69) is 36.2 Å². The number of nitrogens with two attached hydrogens (primary N) is 1. The average Bonchev–Trinajstić information content (AvgIpc) is 2.18. The Bertz CT molecular complexity index is 344. The van der Waals surface area contributed by atoms with Crippen LogP contribution in [0.2, 0.25) is 0 Å². The molecule has 0 bridgehead atoms. The standard InChI is InChI=1S/C12H19N3/c1-4-14-12(13)15(3)9-11-7-5-6-10(2)8-11/h5-8H,4,9H2,1-3H3,(H2,13,14). The summed E-state index contributed by atoms with van der Waals surface area (Å²) >= 11 is 0. The normalized spacial score (nSPS) is 11.5. The second-order valence-corrected chi connectivity index (χ2v) is 3.68. The lowest BCUT2D eigenvalue weighted by Gasteiger charge is -2.18. The van der Waals surface area contributed by atoms with Gasteiger partial charge in [-0.25, -0.2) is 0 Å². The van der Waals surface area contributed by atoms with Crippen LogP contribution in [0.15, 0.2) is 29.3 Å². The van der Waals surface area contributed by atoms with Crippen LogP contribution in [0.3, 0.4) is 0 Å². The maximum absolute atomic E-state index is 5.79. The van der Waals surface area contributed by atoms with E-state index in [-0.39, 0.29) is 0 Å². The number of aryl methyl sites for hydroxylation is 1. The molecule has 0 aromatic heterocycles. The van der Waals surface area contributed by atoms with Crippen LogP contribution in [0.1, 0.15) is 18.1 Å². The van der Waals surface area contributed by atoms with Crippen molar-refractivity contribution in [3.05, 3.63) is 35.4 Å². The van der Waals surface area contributed by atoms with E-state index in [0.717, 1.165) is 13.1 Å². The topological polar surface area (TPSA) is 41.6 Å². The zero-order chi connectivity index (χ0) is 11.3. The maximum atomic E-state index is 5.79. The molecule has 3 heteroatoms. The predicted octanol–water partition coefficient (Wildman–Crippen LogP) is 1.76. The molecule has 0 radical (unpaired) electrons. The molecule has 0 atom stereocenters. The first-order chi connectivity index (χ1) is 7.13. The molecular formula is C12H19N3. The van der Waals surface area contributed by atoms with Gasteiger partial charge in [-0.15, -0.1) is 0 Å². The Morgan fingerprint density at radius 1 is 1.47 bits per heavy atom. The molecule has 0 fully saturated rings. The second-order valence-electron chi connectivity index (χ2n) is 3.68. The van der Waals surface area contributed by atoms with E-state index in [1.807, 2.05) is 18.9 Å². The van der Waals surface area contributed by atoms with Crippen LogP contribution in [-0.2, 0) is 6.54 Å². The number of benzene rings is 1. The molecule has 82 valence electrons. The van der Waals surface area contributed by atoms with Crippen molar-refractivity contribution in [2.75, 3.05) is 13.6 Å². The van der Waals surface area contributed by atoms with Gasteiger partial charge in [-0.1, -0.05) is 29.8 Å². The van der Waals surface area contributed by atoms with Crippen LogP contribution in [0.4, 0.5) is 0 Å². The molecule has 3 nitrogen and oxygen atoms in total. The quantitative estimate of drug-likeness (QED) is 0.603. The lowest BCUT2D eigenvalue weighted by atomic mass is 10.1. The van der Waals surface area contributed by atoms with Gasteiger partial charge in [-0.3, -0.25) is 4.99 Å². The molecular weight excluding hydrogens is 186 g/mol. The minimum absolute atomic E-state index is 0.596. The molecule has 0 saturated heterocycles. The first-order valence-corrected chi connectivity index (χ1v) is 5.20. The van der Waals surface area contributed by atoms with Crippen LogP contribution in [-0.4, -0.2) is 24.5 Å². The summed E-state index contributed by atoms with van der Waals surface area (Å²) < 4.78 is 0. The second kappa shape index (κ2) is 5.39. The summed E-state index contributed by atoms with van der Waals surface area (Å²) in [6, 6.07) is 8.41. The van der Waals surface area contributed by atoms with Crippen LogP contribution in [0.25, 0.3) is 0 Å². The molecule has 0 heterocycles. The van der Waals surface area contributed by atoms with Gasteiger partial charge in [-0.05, 0) is 19.4 Å². The fourth-order valence-electron chi connectivity index (χ4n) is 1.45. The van der Waals surface area contributed by atoms with E-state index in [1.54, 1.807) is 0 Å². The van der Waals surface area contributed by atoms with Crippen molar-refractivity contribution < 1.29 is 0 Å². The van der Waals surface area contributed by atoms with Crippen molar-refractivity contribution in [3.8, 4) is 0 Å². The van der Waals surface area contributed by atoms with E-state index < -0.39 is 0 Å². The zero-order valence-electron chi connectivity index (χ0n) is 9.70. The highest BCUT2D eigenvalue weighted by Gasteiger charge is 2.02. The molecule has 1 aromatic carbocycles. The molecule has 0 aliphatic heterocycles. The summed E-state index contributed by atoms with van der Waals surface area (Å²) in [6.07, 6.45) is 0. The molecule has 2 N–H and O–H groups in total. The Hall–Kier alpha value is -1.51. The minimum Gasteiger partial charge on any atom is -0.370 e. The number of hydrogen-bond donors (Lipinski definition) is 1. The molecule has 15 heavy (non-hydrogen) atoms. The molecule has 0 saturated carbocycles. The SMILES string of the molecule is CCN=C(N)N(C)Cc1cccc(C)c1. The van der Waals surface area contributed by atoms with Gasteiger partial charge in [0.2, 0.25) is 0 Å². The third-order valence-corrected chi connectivity index (χ3v) is 2.21. The summed E-state index contributed by atoms with van der Waals surface area (Å²) in [5, 5.41) is 0. The van der Waals surface area contributed by atoms with Gasteiger partial charge in [0.15, 0.2) is 5.96 Å². The smallest absolute Gasteiger partial charge is 0.191 e. The Kier molecular flexibility index (Phi) is 4.16.